The molecule has 3 amide bonds. The molecule has 2 aromatic heterocycles. The maximum atomic E-state index is 14.0. The molecule has 0 spiro atoms. The second-order valence-corrected chi connectivity index (χ2v) is 16.3. The lowest BCUT2D eigenvalue weighted by Crippen LogP contribution is -2.47. The van der Waals surface area contributed by atoms with Crippen molar-refractivity contribution in [2.75, 3.05) is 73.3 Å². The van der Waals surface area contributed by atoms with Gasteiger partial charge in [0, 0.05) is 101 Å². The van der Waals surface area contributed by atoms with Gasteiger partial charge in [-0.05, 0) is 97.5 Å². The Morgan fingerprint density at radius 1 is 0.871 bits per heavy atom. The highest BCUT2D eigenvalue weighted by Crippen LogP contribution is 2.30. The Kier molecular flexibility index (Phi) is 11.5. The molecule has 0 saturated carbocycles. The molecule has 3 aliphatic rings. The van der Waals surface area contributed by atoms with Crippen LogP contribution >= 0.6 is 0 Å². The van der Waals surface area contributed by atoms with Gasteiger partial charge in [-0.3, -0.25) is 38.8 Å². The SMILES string of the molecule is Cn1c(=O)n(C2CCC(=O)NC2=O)c2ccc(NCCN3CCN(c4ccc(C(=O)Nc5n[nH]c6ccc(Cc7cc(F)cc(F)c7)cc56)c(NC5CCOCC5)c4)CC3)cc21. The summed E-state index contributed by atoms with van der Waals surface area (Å²) in [5.41, 5.74) is 6.18. The van der Waals surface area contributed by atoms with E-state index in [4.69, 9.17) is 4.74 Å². The van der Waals surface area contributed by atoms with Crippen molar-refractivity contribution in [3.63, 3.8) is 0 Å². The first-order valence-electron chi connectivity index (χ1n) is 21.0. The van der Waals surface area contributed by atoms with Crippen LogP contribution in [0.3, 0.4) is 0 Å². The molecule has 1 unspecified atom stereocenters. The van der Waals surface area contributed by atoms with Gasteiger partial charge in [-0.1, -0.05) is 6.07 Å². The highest BCUT2D eigenvalue weighted by Gasteiger charge is 2.31. The highest BCUT2D eigenvalue weighted by atomic mass is 19.1. The summed E-state index contributed by atoms with van der Waals surface area (Å²) < 4.78 is 36.4. The summed E-state index contributed by atoms with van der Waals surface area (Å²) in [6.07, 6.45) is 2.43. The van der Waals surface area contributed by atoms with Crippen molar-refractivity contribution in [1.82, 2.24) is 29.5 Å². The van der Waals surface area contributed by atoms with Crippen molar-refractivity contribution in [2.24, 2.45) is 7.05 Å². The van der Waals surface area contributed by atoms with Gasteiger partial charge in [0.25, 0.3) is 5.91 Å². The highest BCUT2D eigenvalue weighted by molar-refractivity contribution is 6.11. The molecule has 322 valence electrons. The summed E-state index contributed by atoms with van der Waals surface area (Å²) in [4.78, 5) is 56.2. The number of fused-ring (bicyclic) bond motifs is 2. The molecule has 0 aliphatic carbocycles. The zero-order valence-electron chi connectivity index (χ0n) is 34.3. The first-order chi connectivity index (χ1) is 30.1. The smallest absolute Gasteiger partial charge is 0.329 e. The quantitative estimate of drug-likeness (QED) is 0.104. The van der Waals surface area contributed by atoms with Crippen molar-refractivity contribution >= 4 is 62.5 Å². The zero-order chi connectivity index (χ0) is 42.9. The number of hydrogen-bond acceptors (Lipinski definition) is 10. The monoisotopic (exact) mass is 846 g/mol. The molecule has 4 aromatic carbocycles. The van der Waals surface area contributed by atoms with Gasteiger partial charge in [-0.2, -0.15) is 5.10 Å². The Bertz CT molecular complexity index is 2710. The number of piperidine rings is 1. The van der Waals surface area contributed by atoms with E-state index in [1.807, 2.05) is 48.5 Å². The number of piperazine rings is 1. The van der Waals surface area contributed by atoms with Crippen molar-refractivity contribution in [3.8, 4) is 0 Å². The number of nitrogens with zero attached hydrogens (tertiary/aromatic N) is 5. The number of rotatable bonds is 12. The topological polar surface area (TPSA) is 171 Å². The van der Waals surface area contributed by atoms with Crippen molar-refractivity contribution in [2.45, 2.75) is 44.2 Å². The molecule has 62 heavy (non-hydrogen) atoms. The molecule has 3 aliphatic heterocycles. The van der Waals surface area contributed by atoms with Crippen molar-refractivity contribution in [3.05, 3.63) is 112 Å². The van der Waals surface area contributed by atoms with Crippen LogP contribution in [0.5, 0.6) is 0 Å². The Morgan fingerprint density at radius 3 is 2.44 bits per heavy atom. The normalized spacial score (nSPS) is 17.7. The van der Waals surface area contributed by atoms with Gasteiger partial charge in [0.15, 0.2) is 5.82 Å². The number of anilines is 4. The number of imide groups is 1. The number of benzene rings is 4. The minimum absolute atomic E-state index is 0.146. The molecule has 3 saturated heterocycles. The minimum atomic E-state index is -0.727. The lowest BCUT2D eigenvalue weighted by molar-refractivity contribution is -0.135. The van der Waals surface area contributed by atoms with E-state index in [0.717, 1.165) is 74.3 Å². The van der Waals surface area contributed by atoms with E-state index in [1.54, 1.807) is 7.05 Å². The van der Waals surface area contributed by atoms with E-state index in [1.165, 1.54) is 21.3 Å². The molecular formula is C45H48F2N10O5. The number of hydrogen-bond donors (Lipinski definition) is 5. The molecule has 9 rings (SSSR count). The molecule has 1 atom stereocenters. The molecular weight excluding hydrogens is 799 g/mol. The van der Waals surface area contributed by atoms with Crippen LogP contribution in [0.4, 0.5) is 31.7 Å². The van der Waals surface area contributed by atoms with Gasteiger partial charge in [0.2, 0.25) is 11.8 Å². The Hall–Kier alpha value is -6.59. The van der Waals surface area contributed by atoms with Crippen molar-refractivity contribution in [1.29, 1.82) is 0 Å². The van der Waals surface area contributed by atoms with E-state index < -0.39 is 23.6 Å². The number of amides is 3. The summed E-state index contributed by atoms with van der Waals surface area (Å²) in [6.45, 7) is 6.08. The fraction of sp³-hybridized carbons (Fsp3) is 0.356. The number of nitrogens with one attached hydrogen (secondary N) is 5. The number of carbonyl (C=O) groups excluding carboxylic acids is 3. The minimum Gasteiger partial charge on any atom is -0.384 e. The standard InChI is InChI=1S/C45H48F2N10O5/c1-54-40-25-32(3-7-38(40)57(45(54)61)39-8-9-41(58)50-44(39)60)48-12-13-55-14-16-56(17-15-55)33-4-5-34(37(26-33)49-31-10-18-62-19-11-31)43(59)51-42-35-23-27(2-6-36(35)52-53-42)20-28-21-29(46)24-30(47)22-28/h2-7,21-26,31,39,48-49H,8-20H2,1H3,(H,50,58,60)(H2,51,52,53,59). The van der Waals surface area contributed by atoms with Gasteiger partial charge in [0.05, 0.1) is 22.1 Å². The number of ether oxygens (including phenoxy) is 1. The summed E-state index contributed by atoms with van der Waals surface area (Å²) in [5, 5.41) is 20.5. The number of imidazole rings is 1. The van der Waals surface area contributed by atoms with E-state index in [2.05, 4.69) is 47.3 Å². The zero-order valence-corrected chi connectivity index (χ0v) is 34.3. The molecule has 5 N–H and O–H groups in total. The van der Waals surface area contributed by atoms with Crippen molar-refractivity contribution < 1.29 is 27.9 Å². The molecule has 3 fully saturated rings. The number of carbonyl (C=O) groups is 3. The number of aromatic amines is 1. The Labute approximate surface area is 355 Å². The van der Waals surface area contributed by atoms with Crippen LogP contribution in [-0.4, -0.2) is 100 Å². The van der Waals surface area contributed by atoms with Gasteiger partial charge in [0.1, 0.15) is 17.7 Å². The van der Waals surface area contributed by atoms with Gasteiger partial charge in [-0.15, -0.1) is 0 Å². The summed E-state index contributed by atoms with van der Waals surface area (Å²) in [5.74, 6) is -2.00. The van der Waals surface area contributed by atoms with Crippen LogP contribution in [0.1, 0.15) is 53.2 Å². The number of halogens is 2. The van der Waals surface area contributed by atoms with Crippen LogP contribution in [0.25, 0.3) is 21.9 Å². The molecule has 0 bridgehead atoms. The number of aromatic nitrogens is 4. The van der Waals surface area contributed by atoms with Crippen LogP contribution < -0.4 is 31.9 Å². The molecule has 0 radical (unpaired) electrons. The fourth-order valence-corrected chi connectivity index (χ4v) is 8.79. The summed E-state index contributed by atoms with van der Waals surface area (Å²) >= 11 is 0. The first-order valence-corrected chi connectivity index (χ1v) is 21.0. The maximum Gasteiger partial charge on any atom is 0.329 e. The maximum absolute atomic E-state index is 14.0. The van der Waals surface area contributed by atoms with E-state index in [-0.39, 0.29) is 36.4 Å². The number of H-pyrrole nitrogens is 1. The molecule has 15 nitrogen and oxygen atoms in total. The lowest BCUT2D eigenvalue weighted by Gasteiger charge is -2.36. The largest absolute Gasteiger partial charge is 0.384 e. The van der Waals surface area contributed by atoms with Crippen LogP contribution in [0.2, 0.25) is 0 Å². The van der Waals surface area contributed by atoms with E-state index in [0.29, 0.717) is 65.1 Å². The second-order valence-electron chi connectivity index (χ2n) is 16.3. The average Bonchev–Trinajstić information content (AvgIpc) is 3.76. The summed E-state index contributed by atoms with van der Waals surface area (Å²) in [7, 11) is 1.69. The molecule has 6 aromatic rings. The predicted molar refractivity (Wildman–Crippen MR) is 233 cm³/mol. The predicted octanol–water partition coefficient (Wildman–Crippen LogP) is 5.14. The Morgan fingerprint density at radius 2 is 1.66 bits per heavy atom. The third kappa shape index (κ3) is 8.63. The van der Waals surface area contributed by atoms with Crippen LogP contribution in [0, 0.1) is 11.6 Å². The average molecular weight is 847 g/mol. The number of aryl methyl sites for hydroxylation is 1. The first kappa shape index (κ1) is 40.8. The lowest BCUT2D eigenvalue weighted by atomic mass is 10.0. The summed E-state index contributed by atoms with van der Waals surface area (Å²) in [6, 6.07) is 20.0. The van der Waals surface area contributed by atoms with E-state index in [9.17, 15) is 28.0 Å². The van der Waals surface area contributed by atoms with Gasteiger partial charge >= 0.3 is 5.69 Å². The van der Waals surface area contributed by atoms with Gasteiger partial charge in [-0.25, -0.2) is 13.6 Å². The second kappa shape index (κ2) is 17.4. The van der Waals surface area contributed by atoms with Crippen LogP contribution in [0.15, 0.2) is 77.6 Å². The third-order valence-electron chi connectivity index (χ3n) is 12.1. The third-order valence-corrected chi connectivity index (χ3v) is 12.1. The molecule has 17 heteroatoms. The Balaban J connectivity index is 0.841. The van der Waals surface area contributed by atoms with E-state index >= 15 is 0 Å². The fourth-order valence-electron chi connectivity index (χ4n) is 8.79. The molecule has 5 heterocycles. The van der Waals surface area contributed by atoms with Crippen LogP contribution in [-0.2, 0) is 27.8 Å². The van der Waals surface area contributed by atoms with Gasteiger partial charge < -0.3 is 25.6 Å².